The van der Waals surface area contributed by atoms with Gasteiger partial charge in [-0.2, -0.15) is 30.7 Å². The lowest BCUT2D eigenvalue weighted by Crippen LogP contribution is -2.15. The first-order valence-electron chi connectivity index (χ1n) is 8.34. The molecule has 0 unspecified atom stereocenters. The quantitative estimate of drug-likeness (QED) is 0.464. The maximum absolute atomic E-state index is 14.3. The van der Waals surface area contributed by atoms with Crippen LogP contribution in [0.2, 0.25) is 0 Å². The molecule has 1 amide bonds. The second-order valence-electron chi connectivity index (χ2n) is 6.19. The van der Waals surface area contributed by atoms with Gasteiger partial charge in [-0.05, 0) is 24.3 Å². The molecule has 3 rings (SSSR count). The zero-order valence-corrected chi connectivity index (χ0v) is 16.1. The summed E-state index contributed by atoms with van der Waals surface area (Å²) in [6, 6.07) is 1.26. The summed E-state index contributed by atoms with van der Waals surface area (Å²) >= 11 is 0.837. The minimum atomic E-state index is -5.15. The van der Waals surface area contributed by atoms with Gasteiger partial charge in [0.05, 0.1) is 17.5 Å². The third-order valence-corrected chi connectivity index (χ3v) is 4.43. The molecule has 0 bridgehead atoms. The first-order valence-corrected chi connectivity index (χ1v) is 9.12. The Morgan fingerprint density at radius 3 is 2.09 bits per heavy atom. The van der Waals surface area contributed by atoms with Gasteiger partial charge in [-0.25, -0.2) is 13.8 Å². The molecule has 1 N–H and O–H groups in total. The van der Waals surface area contributed by atoms with E-state index in [0.29, 0.717) is 12.1 Å². The number of amides is 1. The third-order valence-electron chi connectivity index (χ3n) is 3.85. The van der Waals surface area contributed by atoms with Crippen LogP contribution in [-0.4, -0.2) is 15.3 Å². The molecule has 0 saturated carbocycles. The number of anilines is 1. The molecule has 0 radical (unpaired) electrons. The number of rotatable bonds is 5. The number of benzene rings is 2. The topological polar surface area (TPSA) is 64.1 Å². The van der Waals surface area contributed by atoms with Crippen molar-refractivity contribution in [3.63, 3.8) is 0 Å². The molecule has 0 fully saturated rings. The smallest absolute Gasteiger partial charge is 0.416 e. The number of nitrogens with one attached hydrogen (secondary N) is 1. The Hall–Kier alpha value is -3.29. The van der Waals surface area contributed by atoms with Crippen LogP contribution in [0, 0.1) is 11.6 Å². The molecule has 3 aromatic rings. The van der Waals surface area contributed by atoms with Crippen molar-refractivity contribution >= 4 is 22.6 Å². The molecule has 0 aliphatic rings. The van der Waals surface area contributed by atoms with E-state index in [1.807, 2.05) is 0 Å². The average molecular weight is 483 g/mol. The Morgan fingerprint density at radius 1 is 0.938 bits per heavy atom. The lowest BCUT2D eigenvalue weighted by Gasteiger charge is -2.15. The highest BCUT2D eigenvalue weighted by atomic mass is 32.1. The van der Waals surface area contributed by atoms with Crippen LogP contribution in [0.1, 0.15) is 16.7 Å². The molecule has 32 heavy (non-hydrogen) atoms. The summed E-state index contributed by atoms with van der Waals surface area (Å²) in [4.78, 5) is 15.6. The summed E-state index contributed by atoms with van der Waals surface area (Å²) in [5.41, 5.74) is -3.81. The minimum absolute atomic E-state index is 0.112. The van der Waals surface area contributed by atoms with Crippen LogP contribution >= 0.6 is 11.5 Å². The number of hydrogen-bond donors (Lipinski definition) is 1. The zero-order chi connectivity index (χ0) is 23.7. The first-order chi connectivity index (χ1) is 14.8. The number of hydrogen-bond acceptors (Lipinski definition) is 5. The second kappa shape index (κ2) is 8.68. The minimum Gasteiger partial charge on any atom is -0.454 e. The van der Waals surface area contributed by atoms with Gasteiger partial charge < -0.3 is 10.1 Å². The molecule has 0 atom stereocenters. The van der Waals surface area contributed by atoms with E-state index in [2.05, 4.69) is 14.7 Å². The van der Waals surface area contributed by atoms with Crippen molar-refractivity contribution in [1.82, 2.24) is 9.36 Å². The number of aromatic nitrogens is 2. The Morgan fingerprint density at radius 2 is 1.56 bits per heavy atom. The van der Waals surface area contributed by atoms with Crippen molar-refractivity contribution < 1.29 is 44.7 Å². The van der Waals surface area contributed by atoms with Crippen molar-refractivity contribution in [2.45, 2.75) is 18.8 Å². The number of ether oxygens (including phenoxy) is 1. The summed E-state index contributed by atoms with van der Waals surface area (Å²) in [5.74, 6) is -5.22. The summed E-state index contributed by atoms with van der Waals surface area (Å²) in [5, 5.41) is 2.40. The van der Waals surface area contributed by atoms with Gasteiger partial charge in [0.1, 0.15) is 17.9 Å². The van der Waals surface area contributed by atoms with Crippen molar-refractivity contribution in [2.24, 2.45) is 0 Å². The Bertz CT molecular complexity index is 1100. The molecule has 0 saturated heterocycles. The highest BCUT2D eigenvalue weighted by molar-refractivity contribution is 7.09. The molecule has 14 heteroatoms. The number of alkyl halides is 6. The lowest BCUT2D eigenvalue weighted by molar-refractivity contribution is -0.143. The monoisotopic (exact) mass is 483 g/mol. The molecule has 5 nitrogen and oxygen atoms in total. The number of nitrogens with zero attached hydrogens (tertiary/aromatic N) is 2. The zero-order valence-electron chi connectivity index (χ0n) is 15.3. The Balaban J connectivity index is 1.86. The van der Waals surface area contributed by atoms with E-state index in [0.717, 1.165) is 17.9 Å². The van der Waals surface area contributed by atoms with Crippen LogP contribution < -0.4 is 10.1 Å². The normalized spacial score (nSPS) is 12.0. The predicted molar refractivity (Wildman–Crippen MR) is 95.1 cm³/mol. The largest absolute Gasteiger partial charge is 0.454 e. The van der Waals surface area contributed by atoms with Crippen LogP contribution in [0.25, 0.3) is 0 Å². The van der Waals surface area contributed by atoms with Gasteiger partial charge in [0.2, 0.25) is 11.0 Å². The van der Waals surface area contributed by atoms with Gasteiger partial charge in [0.25, 0.3) is 0 Å². The van der Waals surface area contributed by atoms with E-state index in [4.69, 9.17) is 4.74 Å². The van der Waals surface area contributed by atoms with E-state index in [1.54, 1.807) is 0 Å². The van der Waals surface area contributed by atoms with Gasteiger partial charge in [-0.1, -0.05) is 0 Å². The molecule has 0 aliphatic carbocycles. The SMILES string of the molecule is O=C(Cc1cc(F)c(Oc2cc(C(F)(F)F)cc(C(F)(F)F)c2)cc1F)Nc1ncns1. The number of carbonyl (C=O) groups excluding carboxylic acids is 1. The standard InChI is InChI=1S/C18H9F8N3O2S/c19-12-6-14(13(20)1-8(12)2-15(30)29-16-27-7-28-32-16)31-11-4-9(17(21,22)23)3-10(5-11)18(24,25)26/h1,3-7H,2H2,(H,27,28,29,30). The van der Waals surface area contributed by atoms with Gasteiger partial charge in [-0.15, -0.1) is 0 Å². The molecule has 170 valence electrons. The van der Waals surface area contributed by atoms with Crippen molar-refractivity contribution in [2.75, 3.05) is 5.32 Å². The molecule has 2 aromatic carbocycles. The average Bonchev–Trinajstić information content (AvgIpc) is 3.17. The third kappa shape index (κ3) is 5.69. The van der Waals surface area contributed by atoms with Crippen LogP contribution in [-0.2, 0) is 23.6 Å². The maximum atomic E-state index is 14.3. The maximum Gasteiger partial charge on any atom is 0.416 e. The van der Waals surface area contributed by atoms with Crippen LogP contribution in [0.3, 0.4) is 0 Å². The molecule has 0 aliphatic heterocycles. The molecule has 1 aromatic heterocycles. The van der Waals surface area contributed by atoms with Crippen LogP contribution in [0.4, 0.5) is 40.3 Å². The summed E-state index contributed by atoms with van der Waals surface area (Å²) in [6.45, 7) is 0. The fraction of sp³-hybridized carbons (Fsp3) is 0.167. The fourth-order valence-corrected chi connectivity index (χ4v) is 2.91. The highest BCUT2D eigenvalue weighted by Crippen LogP contribution is 2.39. The summed E-state index contributed by atoms with van der Waals surface area (Å²) < 4.78 is 115. The van der Waals surface area contributed by atoms with Gasteiger partial charge in [-0.3, -0.25) is 4.79 Å². The van der Waals surface area contributed by atoms with E-state index in [-0.39, 0.29) is 23.3 Å². The molecular formula is C18H9F8N3O2S. The summed E-state index contributed by atoms with van der Waals surface area (Å²) in [7, 11) is 0. The number of halogens is 8. The van der Waals surface area contributed by atoms with Crippen molar-refractivity contribution in [3.8, 4) is 11.5 Å². The van der Waals surface area contributed by atoms with Gasteiger partial charge in [0.15, 0.2) is 11.6 Å². The van der Waals surface area contributed by atoms with E-state index < -0.39 is 64.5 Å². The van der Waals surface area contributed by atoms with Crippen molar-refractivity contribution in [1.29, 1.82) is 0 Å². The van der Waals surface area contributed by atoms with E-state index in [1.165, 1.54) is 0 Å². The molecule has 1 heterocycles. The molecule has 0 spiro atoms. The van der Waals surface area contributed by atoms with Gasteiger partial charge >= 0.3 is 12.4 Å². The first kappa shape index (κ1) is 23.4. The van der Waals surface area contributed by atoms with Crippen molar-refractivity contribution in [3.05, 3.63) is 65.0 Å². The number of carbonyl (C=O) groups is 1. The summed E-state index contributed by atoms with van der Waals surface area (Å²) in [6.07, 6.45) is -9.77. The van der Waals surface area contributed by atoms with Crippen LogP contribution in [0.5, 0.6) is 11.5 Å². The lowest BCUT2D eigenvalue weighted by atomic mass is 10.1. The van der Waals surface area contributed by atoms with E-state index >= 15 is 0 Å². The Kier molecular flexibility index (Phi) is 6.34. The second-order valence-corrected chi connectivity index (χ2v) is 6.97. The highest BCUT2D eigenvalue weighted by Gasteiger charge is 2.37. The molecular weight excluding hydrogens is 474 g/mol. The van der Waals surface area contributed by atoms with Gasteiger partial charge in [0, 0.05) is 23.2 Å². The van der Waals surface area contributed by atoms with E-state index in [9.17, 15) is 39.9 Å². The van der Waals surface area contributed by atoms with Crippen LogP contribution in [0.15, 0.2) is 36.7 Å². The predicted octanol–water partition coefficient (Wildman–Crippen LogP) is 5.83. The fourth-order valence-electron chi connectivity index (χ4n) is 2.46. The Labute approximate surface area is 177 Å².